The molecule has 18 heavy (non-hydrogen) atoms. The highest BCUT2D eigenvalue weighted by Gasteiger charge is 2.51. The SMILES string of the molecule is CC1(C)OCC2(CO1)C(=O)Nc1cc(Br)ccc12. The lowest BCUT2D eigenvalue weighted by Crippen LogP contribution is -2.52. The molecule has 1 N–H and O–H groups in total. The Morgan fingerprint density at radius 3 is 2.61 bits per heavy atom. The molecule has 0 unspecified atom stereocenters. The van der Waals surface area contributed by atoms with Gasteiger partial charge in [-0.2, -0.15) is 0 Å². The van der Waals surface area contributed by atoms with Gasteiger partial charge >= 0.3 is 0 Å². The van der Waals surface area contributed by atoms with Crippen molar-refractivity contribution >= 4 is 27.5 Å². The first-order valence-corrected chi connectivity index (χ1v) is 6.62. The third-order valence-corrected chi connectivity index (χ3v) is 4.01. The maximum Gasteiger partial charge on any atom is 0.239 e. The second-order valence-corrected chi connectivity index (χ2v) is 6.12. The molecule has 96 valence electrons. The number of ether oxygens (including phenoxy) is 2. The number of hydrogen-bond donors (Lipinski definition) is 1. The van der Waals surface area contributed by atoms with Crippen molar-refractivity contribution in [1.29, 1.82) is 0 Å². The second kappa shape index (κ2) is 3.79. The molecule has 1 aromatic carbocycles. The average molecular weight is 312 g/mol. The third kappa shape index (κ3) is 1.69. The van der Waals surface area contributed by atoms with Crippen LogP contribution in [0.5, 0.6) is 0 Å². The number of rotatable bonds is 0. The summed E-state index contributed by atoms with van der Waals surface area (Å²) in [6.07, 6.45) is 0. The van der Waals surface area contributed by atoms with Crippen LogP contribution in [0.3, 0.4) is 0 Å². The van der Waals surface area contributed by atoms with Gasteiger partial charge in [-0.05, 0) is 31.5 Å². The molecular formula is C13H14BrNO3. The van der Waals surface area contributed by atoms with E-state index in [0.29, 0.717) is 13.2 Å². The number of nitrogens with one attached hydrogen (secondary N) is 1. The highest BCUT2D eigenvalue weighted by molar-refractivity contribution is 9.10. The Hall–Kier alpha value is -0.910. The molecule has 3 rings (SSSR count). The Kier molecular flexibility index (Phi) is 2.56. The van der Waals surface area contributed by atoms with E-state index in [1.54, 1.807) is 0 Å². The van der Waals surface area contributed by atoms with Crippen molar-refractivity contribution in [1.82, 2.24) is 0 Å². The molecule has 1 amide bonds. The van der Waals surface area contributed by atoms with E-state index in [4.69, 9.17) is 9.47 Å². The zero-order chi connectivity index (χ0) is 13.0. The average Bonchev–Trinajstić information content (AvgIpc) is 2.55. The fraction of sp³-hybridized carbons (Fsp3) is 0.462. The van der Waals surface area contributed by atoms with Gasteiger partial charge in [-0.25, -0.2) is 0 Å². The van der Waals surface area contributed by atoms with Crippen LogP contribution >= 0.6 is 15.9 Å². The van der Waals surface area contributed by atoms with Crippen molar-refractivity contribution < 1.29 is 14.3 Å². The number of hydrogen-bond acceptors (Lipinski definition) is 3. The molecule has 2 heterocycles. The molecule has 1 aromatic rings. The van der Waals surface area contributed by atoms with Gasteiger partial charge in [-0.15, -0.1) is 0 Å². The first-order valence-electron chi connectivity index (χ1n) is 5.82. The van der Waals surface area contributed by atoms with Gasteiger partial charge in [0.15, 0.2) is 5.79 Å². The summed E-state index contributed by atoms with van der Waals surface area (Å²) < 4.78 is 12.3. The molecule has 0 saturated carbocycles. The lowest BCUT2D eigenvalue weighted by molar-refractivity contribution is -0.264. The Bertz CT molecular complexity index is 517. The van der Waals surface area contributed by atoms with Gasteiger partial charge in [-0.3, -0.25) is 4.79 Å². The molecule has 1 spiro atoms. The summed E-state index contributed by atoms with van der Waals surface area (Å²) in [6, 6.07) is 5.78. The summed E-state index contributed by atoms with van der Waals surface area (Å²) >= 11 is 3.40. The summed E-state index contributed by atoms with van der Waals surface area (Å²) in [6.45, 7) is 4.41. The fourth-order valence-corrected chi connectivity index (χ4v) is 2.73. The zero-order valence-electron chi connectivity index (χ0n) is 10.2. The molecule has 1 saturated heterocycles. The second-order valence-electron chi connectivity index (χ2n) is 5.20. The normalized spacial score (nSPS) is 23.8. The molecule has 0 aromatic heterocycles. The predicted molar refractivity (Wildman–Crippen MR) is 70.4 cm³/mol. The topological polar surface area (TPSA) is 47.6 Å². The molecule has 5 heteroatoms. The highest BCUT2D eigenvalue weighted by atomic mass is 79.9. The van der Waals surface area contributed by atoms with Crippen LogP contribution in [0, 0.1) is 0 Å². The number of fused-ring (bicyclic) bond motifs is 2. The standard InChI is InChI=1S/C13H14BrNO3/c1-12(2)17-6-13(7-18-12)9-4-3-8(14)5-10(9)15-11(13)16/h3-5H,6-7H2,1-2H3,(H,15,16). The molecule has 0 bridgehead atoms. The number of halogens is 1. The van der Waals surface area contributed by atoms with Crippen molar-refractivity contribution in [2.45, 2.75) is 25.0 Å². The Labute approximate surface area is 114 Å². The van der Waals surface area contributed by atoms with Crippen LogP contribution in [0.25, 0.3) is 0 Å². The Balaban J connectivity index is 2.02. The summed E-state index contributed by atoms with van der Waals surface area (Å²) in [7, 11) is 0. The predicted octanol–water partition coefficient (Wildman–Crippen LogP) is 2.42. The summed E-state index contributed by atoms with van der Waals surface area (Å²) in [5, 5.41) is 2.90. The lowest BCUT2D eigenvalue weighted by Gasteiger charge is -2.40. The van der Waals surface area contributed by atoms with Gasteiger partial charge < -0.3 is 14.8 Å². The van der Waals surface area contributed by atoms with Crippen molar-refractivity contribution in [3.63, 3.8) is 0 Å². The van der Waals surface area contributed by atoms with Crippen LogP contribution in [0.1, 0.15) is 19.4 Å². The minimum atomic E-state index is -0.703. The maximum absolute atomic E-state index is 12.2. The Morgan fingerprint density at radius 1 is 1.28 bits per heavy atom. The van der Waals surface area contributed by atoms with E-state index in [9.17, 15) is 4.79 Å². The largest absolute Gasteiger partial charge is 0.349 e. The van der Waals surface area contributed by atoms with Crippen molar-refractivity contribution in [2.24, 2.45) is 0 Å². The van der Waals surface area contributed by atoms with E-state index >= 15 is 0 Å². The molecule has 1 fully saturated rings. The van der Waals surface area contributed by atoms with E-state index in [-0.39, 0.29) is 5.91 Å². The fourth-order valence-electron chi connectivity index (χ4n) is 2.37. The monoisotopic (exact) mass is 311 g/mol. The van der Waals surface area contributed by atoms with Crippen LogP contribution in [-0.4, -0.2) is 24.9 Å². The van der Waals surface area contributed by atoms with Crippen LogP contribution in [-0.2, 0) is 19.7 Å². The van der Waals surface area contributed by atoms with Crippen molar-refractivity contribution in [3.05, 3.63) is 28.2 Å². The minimum absolute atomic E-state index is 0.0499. The van der Waals surface area contributed by atoms with Crippen LogP contribution in [0.2, 0.25) is 0 Å². The molecule has 2 aliphatic rings. The highest BCUT2D eigenvalue weighted by Crippen LogP contribution is 2.43. The smallest absolute Gasteiger partial charge is 0.239 e. The van der Waals surface area contributed by atoms with Gasteiger partial charge in [0, 0.05) is 10.2 Å². The molecule has 0 aliphatic carbocycles. The van der Waals surface area contributed by atoms with Crippen LogP contribution < -0.4 is 5.32 Å². The van der Waals surface area contributed by atoms with E-state index in [1.165, 1.54) is 0 Å². The number of amides is 1. The van der Waals surface area contributed by atoms with Gasteiger partial charge in [-0.1, -0.05) is 22.0 Å². The van der Waals surface area contributed by atoms with Crippen molar-refractivity contribution in [2.75, 3.05) is 18.5 Å². The van der Waals surface area contributed by atoms with E-state index < -0.39 is 11.2 Å². The molecular weight excluding hydrogens is 298 g/mol. The number of anilines is 1. The molecule has 2 aliphatic heterocycles. The van der Waals surface area contributed by atoms with E-state index in [1.807, 2.05) is 32.0 Å². The number of carbonyl (C=O) groups excluding carboxylic acids is 1. The maximum atomic E-state index is 12.2. The van der Waals surface area contributed by atoms with Gasteiger partial charge in [0.05, 0.1) is 13.2 Å². The third-order valence-electron chi connectivity index (χ3n) is 3.51. The van der Waals surface area contributed by atoms with E-state index in [0.717, 1.165) is 15.7 Å². The number of benzene rings is 1. The zero-order valence-corrected chi connectivity index (χ0v) is 11.8. The molecule has 0 atom stereocenters. The number of carbonyl (C=O) groups is 1. The first-order chi connectivity index (χ1) is 8.43. The minimum Gasteiger partial charge on any atom is -0.349 e. The van der Waals surface area contributed by atoms with Gasteiger partial charge in [0.1, 0.15) is 5.41 Å². The van der Waals surface area contributed by atoms with E-state index in [2.05, 4.69) is 21.2 Å². The van der Waals surface area contributed by atoms with Gasteiger partial charge in [0.2, 0.25) is 5.91 Å². The Morgan fingerprint density at radius 2 is 1.94 bits per heavy atom. The summed E-state index contributed by atoms with van der Waals surface area (Å²) in [5.74, 6) is -0.671. The van der Waals surface area contributed by atoms with Crippen molar-refractivity contribution in [3.8, 4) is 0 Å². The first kappa shape index (κ1) is 12.1. The lowest BCUT2D eigenvalue weighted by atomic mass is 9.82. The molecule has 0 radical (unpaired) electrons. The van der Waals surface area contributed by atoms with Crippen LogP contribution in [0.15, 0.2) is 22.7 Å². The van der Waals surface area contributed by atoms with Gasteiger partial charge in [0.25, 0.3) is 0 Å². The van der Waals surface area contributed by atoms with Crippen LogP contribution in [0.4, 0.5) is 5.69 Å². The quantitative estimate of drug-likeness (QED) is 0.800. The summed E-state index contributed by atoms with van der Waals surface area (Å²) in [4.78, 5) is 12.2. The summed E-state index contributed by atoms with van der Waals surface area (Å²) in [5.41, 5.74) is 1.08. The molecule has 4 nitrogen and oxygen atoms in total.